The van der Waals surface area contributed by atoms with Crippen LogP contribution in [-0.2, 0) is 0 Å². The maximum Gasteiger partial charge on any atom is 0.231 e. The first-order valence-corrected chi connectivity index (χ1v) is 7.42. The van der Waals surface area contributed by atoms with Crippen LogP contribution in [0.15, 0.2) is 35.1 Å². The molecular formula is C14H9BrN2O2S. The molecule has 3 rings (SSSR count). The van der Waals surface area contributed by atoms with Gasteiger partial charge in [-0.05, 0) is 47.1 Å². The standard InChI is InChI=1S/C14H9BrN2O2S/c1-8-4-10-13(16-7-17-14(10)20-8)19-12-3-2-9(6-18)5-11(12)15/h2-7H,1H3. The van der Waals surface area contributed by atoms with Gasteiger partial charge in [-0.3, -0.25) is 4.79 Å². The third-order valence-electron chi connectivity index (χ3n) is 2.71. The number of fused-ring (bicyclic) bond motifs is 1. The fourth-order valence-corrected chi connectivity index (χ4v) is 3.13. The predicted molar refractivity (Wildman–Crippen MR) is 81.8 cm³/mol. The van der Waals surface area contributed by atoms with Crippen LogP contribution in [0, 0.1) is 6.92 Å². The van der Waals surface area contributed by atoms with E-state index in [1.54, 1.807) is 29.5 Å². The highest BCUT2D eigenvalue weighted by Gasteiger charge is 2.11. The van der Waals surface area contributed by atoms with E-state index < -0.39 is 0 Å². The molecule has 3 aromatic rings. The number of halogens is 1. The minimum atomic E-state index is 0.513. The predicted octanol–water partition coefficient (Wildman–Crippen LogP) is 4.37. The molecule has 0 bridgehead atoms. The summed E-state index contributed by atoms with van der Waals surface area (Å²) < 4.78 is 6.54. The summed E-state index contributed by atoms with van der Waals surface area (Å²) in [5.41, 5.74) is 0.587. The Morgan fingerprint density at radius 3 is 2.90 bits per heavy atom. The van der Waals surface area contributed by atoms with Gasteiger partial charge in [0, 0.05) is 10.4 Å². The zero-order valence-electron chi connectivity index (χ0n) is 10.5. The first-order valence-electron chi connectivity index (χ1n) is 5.81. The smallest absolute Gasteiger partial charge is 0.231 e. The van der Waals surface area contributed by atoms with Crippen LogP contribution in [0.1, 0.15) is 15.2 Å². The van der Waals surface area contributed by atoms with Gasteiger partial charge < -0.3 is 4.74 Å². The van der Waals surface area contributed by atoms with Gasteiger partial charge in [0.25, 0.3) is 0 Å². The van der Waals surface area contributed by atoms with Crippen molar-refractivity contribution in [3.63, 3.8) is 0 Å². The van der Waals surface area contributed by atoms with Crippen LogP contribution in [-0.4, -0.2) is 16.3 Å². The summed E-state index contributed by atoms with van der Waals surface area (Å²) in [5, 5.41) is 0.890. The van der Waals surface area contributed by atoms with E-state index in [4.69, 9.17) is 4.74 Å². The summed E-state index contributed by atoms with van der Waals surface area (Å²) in [5.74, 6) is 1.12. The summed E-state index contributed by atoms with van der Waals surface area (Å²) in [6.45, 7) is 2.02. The quantitative estimate of drug-likeness (QED) is 0.659. The van der Waals surface area contributed by atoms with Crippen LogP contribution in [0.3, 0.4) is 0 Å². The highest BCUT2D eigenvalue weighted by Crippen LogP contribution is 2.34. The Kier molecular flexibility index (Phi) is 3.50. The Balaban J connectivity index is 2.03. The van der Waals surface area contributed by atoms with Crippen molar-refractivity contribution in [2.24, 2.45) is 0 Å². The van der Waals surface area contributed by atoms with Crippen molar-refractivity contribution < 1.29 is 9.53 Å². The molecule has 0 amide bonds. The molecule has 0 aliphatic rings. The van der Waals surface area contributed by atoms with Crippen molar-refractivity contribution in [1.29, 1.82) is 0 Å². The second kappa shape index (κ2) is 5.30. The molecule has 0 radical (unpaired) electrons. The summed E-state index contributed by atoms with van der Waals surface area (Å²) in [4.78, 5) is 21.2. The number of nitrogens with zero attached hydrogens (tertiary/aromatic N) is 2. The van der Waals surface area contributed by atoms with Gasteiger partial charge in [0.1, 0.15) is 23.2 Å². The molecule has 0 aliphatic carbocycles. The van der Waals surface area contributed by atoms with Gasteiger partial charge in [0.2, 0.25) is 5.88 Å². The molecule has 100 valence electrons. The van der Waals surface area contributed by atoms with E-state index in [2.05, 4.69) is 25.9 Å². The van der Waals surface area contributed by atoms with Crippen LogP contribution < -0.4 is 4.74 Å². The second-order valence-corrected chi connectivity index (χ2v) is 6.25. The number of aromatic nitrogens is 2. The molecule has 0 spiro atoms. The normalized spacial score (nSPS) is 10.7. The van der Waals surface area contributed by atoms with Crippen LogP contribution >= 0.6 is 27.3 Å². The molecule has 0 N–H and O–H groups in total. The van der Waals surface area contributed by atoms with Crippen molar-refractivity contribution in [2.75, 3.05) is 0 Å². The molecule has 0 aliphatic heterocycles. The minimum Gasteiger partial charge on any atom is -0.437 e. The lowest BCUT2D eigenvalue weighted by Crippen LogP contribution is -1.91. The molecule has 6 heteroatoms. The number of carbonyl (C=O) groups excluding carboxylic acids is 1. The fraction of sp³-hybridized carbons (Fsp3) is 0.0714. The highest BCUT2D eigenvalue weighted by atomic mass is 79.9. The molecule has 0 saturated heterocycles. The summed E-state index contributed by atoms with van der Waals surface area (Å²) in [7, 11) is 0. The monoisotopic (exact) mass is 348 g/mol. The number of carbonyl (C=O) groups is 1. The lowest BCUT2D eigenvalue weighted by molar-refractivity contribution is 0.112. The van der Waals surface area contributed by atoms with Gasteiger partial charge in [-0.15, -0.1) is 11.3 Å². The zero-order chi connectivity index (χ0) is 14.1. The highest BCUT2D eigenvalue weighted by molar-refractivity contribution is 9.10. The maximum absolute atomic E-state index is 10.7. The molecule has 2 heterocycles. The van der Waals surface area contributed by atoms with E-state index in [1.165, 1.54) is 6.33 Å². The van der Waals surface area contributed by atoms with Gasteiger partial charge in [0.05, 0.1) is 9.86 Å². The largest absolute Gasteiger partial charge is 0.437 e. The van der Waals surface area contributed by atoms with Crippen molar-refractivity contribution >= 4 is 43.8 Å². The fourth-order valence-electron chi connectivity index (χ4n) is 1.81. The number of ether oxygens (including phenoxy) is 1. The lowest BCUT2D eigenvalue weighted by Gasteiger charge is -2.07. The molecule has 0 saturated carbocycles. The molecule has 1 aromatic carbocycles. The third-order valence-corrected chi connectivity index (χ3v) is 4.29. The number of aldehydes is 1. The van der Waals surface area contributed by atoms with Gasteiger partial charge in [-0.2, -0.15) is 0 Å². The number of thiophene rings is 1. The number of benzene rings is 1. The zero-order valence-corrected chi connectivity index (χ0v) is 12.9. The molecule has 0 unspecified atom stereocenters. The van der Waals surface area contributed by atoms with Crippen LogP contribution in [0.25, 0.3) is 10.2 Å². The van der Waals surface area contributed by atoms with Gasteiger partial charge in [-0.1, -0.05) is 0 Å². The van der Waals surface area contributed by atoms with E-state index in [0.717, 1.165) is 21.4 Å². The van der Waals surface area contributed by atoms with E-state index in [1.807, 2.05) is 13.0 Å². The maximum atomic E-state index is 10.7. The average Bonchev–Trinajstić information content (AvgIpc) is 2.82. The molecule has 4 nitrogen and oxygen atoms in total. The SMILES string of the molecule is Cc1cc2c(Oc3ccc(C=O)cc3Br)ncnc2s1. The van der Waals surface area contributed by atoms with Gasteiger partial charge in [-0.25, -0.2) is 9.97 Å². The van der Waals surface area contributed by atoms with Crippen LogP contribution in [0.4, 0.5) is 0 Å². The van der Waals surface area contributed by atoms with E-state index in [-0.39, 0.29) is 0 Å². The lowest BCUT2D eigenvalue weighted by atomic mass is 10.2. The van der Waals surface area contributed by atoms with E-state index >= 15 is 0 Å². The van der Waals surface area contributed by atoms with Crippen molar-refractivity contribution in [1.82, 2.24) is 9.97 Å². The molecule has 2 aromatic heterocycles. The van der Waals surface area contributed by atoms with Crippen LogP contribution in [0.5, 0.6) is 11.6 Å². The average molecular weight is 349 g/mol. The van der Waals surface area contributed by atoms with Crippen molar-refractivity contribution in [3.05, 3.63) is 45.5 Å². The van der Waals surface area contributed by atoms with Gasteiger partial charge >= 0.3 is 0 Å². The number of hydrogen-bond donors (Lipinski definition) is 0. The Morgan fingerprint density at radius 2 is 2.15 bits per heavy atom. The number of rotatable bonds is 3. The Bertz CT molecular complexity index is 801. The Morgan fingerprint density at radius 1 is 1.30 bits per heavy atom. The summed E-state index contributed by atoms with van der Waals surface area (Å²) in [6.07, 6.45) is 2.28. The first-order chi connectivity index (χ1) is 9.67. The summed E-state index contributed by atoms with van der Waals surface area (Å²) >= 11 is 4.99. The first kappa shape index (κ1) is 13.2. The van der Waals surface area contributed by atoms with E-state index in [9.17, 15) is 4.79 Å². The molecule has 20 heavy (non-hydrogen) atoms. The number of hydrogen-bond acceptors (Lipinski definition) is 5. The molecule has 0 fully saturated rings. The number of aryl methyl sites for hydroxylation is 1. The van der Waals surface area contributed by atoms with Crippen LogP contribution in [0.2, 0.25) is 0 Å². The Labute approximate surface area is 127 Å². The molecular weight excluding hydrogens is 340 g/mol. The van der Waals surface area contributed by atoms with E-state index in [0.29, 0.717) is 21.7 Å². The van der Waals surface area contributed by atoms with Crippen molar-refractivity contribution in [2.45, 2.75) is 6.92 Å². The second-order valence-electron chi connectivity index (χ2n) is 4.16. The molecule has 0 atom stereocenters. The minimum absolute atomic E-state index is 0.513. The topological polar surface area (TPSA) is 52.1 Å². The summed E-state index contributed by atoms with van der Waals surface area (Å²) in [6, 6.07) is 7.15. The van der Waals surface area contributed by atoms with Crippen molar-refractivity contribution in [3.8, 4) is 11.6 Å². The third kappa shape index (κ3) is 2.44. The van der Waals surface area contributed by atoms with Gasteiger partial charge in [0.15, 0.2) is 0 Å². The Hall–Kier alpha value is -1.79.